The minimum Gasteiger partial charge on any atom is -0.306 e. The van der Waals surface area contributed by atoms with Gasteiger partial charge in [0.05, 0.1) is 15.5 Å². The van der Waals surface area contributed by atoms with E-state index in [2.05, 4.69) is 21.2 Å². The fourth-order valence-electron chi connectivity index (χ4n) is 1.80. The van der Waals surface area contributed by atoms with Crippen LogP contribution in [0.15, 0.2) is 34.1 Å². The molecule has 0 aliphatic carbocycles. The smallest absolute Gasteiger partial charge is 0.142 e. The van der Waals surface area contributed by atoms with Gasteiger partial charge in [-0.1, -0.05) is 30.7 Å². The highest BCUT2D eigenvalue weighted by Gasteiger charge is 2.21. The van der Waals surface area contributed by atoms with E-state index >= 15 is 0 Å². The van der Waals surface area contributed by atoms with Crippen molar-refractivity contribution in [2.75, 3.05) is 6.54 Å². The molecule has 96 valence electrons. The van der Waals surface area contributed by atoms with Crippen LogP contribution >= 0.6 is 38.9 Å². The molecule has 18 heavy (non-hydrogen) atoms. The normalized spacial score (nSPS) is 12.7. The fourth-order valence-corrected chi connectivity index (χ4v) is 3.44. The van der Waals surface area contributed by atoms with Crippen molar-refractivity contribution in [1.29, 1.82) is 0 Å². The minimum atomic E-state index is -0.243. The lowest BCUT2D eigenvalue weighted by Crippen LogP contribution is -2.22. The lowest BCUT2D eigenvalue weighted by molar-refractivity contribution is 0.559. The second kappa shape index (κ2) is 6.15. The van der Waals surface area contributed by atoms with E-state index in [0.29, 0.717) is 15.1 Å². The zero-order chi connectivity index (χ0) is 13.1. The van der Waals surface area contributed by atoms with Gasteiger partial charge in [-0.15, -0.1) is 11.3 Å². The van der Waals surface area contributed by atoms with E-state index in [-0.39, 0.29) is 11.9 Å². The number of thiophene rings is 1. The summed E-state index contributed by atoms with van der Waals surface area (Å²) in [4.78, 5) is 0.940. The van der Waals surface area contributed by atoms with Crippen LogP contribution in [0.3, 0.4) is 0 Å². The van der Waals surface area contributed by atoms with Crippen LogP contribution in [0.5, 0.6) is 0 Å². The van der Waals surface area contributed by atoms with Crippen LogP contribution in [0, 0.1) is 5.82 Å². The molecule has 2 aromatic rings. The molecule has 0 aliphatic rings. The van der Waals surface area contributed by atoms with E-state index in [1.54, 1.807) is 12.1 Å². The zero-order valence-corrected chi connectivity index (χ0v) is 12.9. The lowest BCUT2D eigenvalue weighted by atomic mass is 10.0. The van der Waals surface area contributed by atoms with Crippen molar-refractivity contribution in [3.05, 3.63) is 55.4 Å². The zero-order valence-electron chi connectivity index (χ0n) is 9.71. The summed E-state index contributed by atoms with van der Waals surface area (Å²) in [5, 5.41) is 5.86. The highest BCUT2D eigenvalue weighted by molar-refractivity contribution is 9.10. The fraction of sp³-hybridized carbons (Fsp3) is 0.231. The molecular weight excluding hydrogens is 337 g/mol. The van der Waals surface area contributed by atoms with Crippen LogP contribution in [0.2, 0.25) is 5.02 Å². The first-order valence-corrected chi connectivity index (χ1v) is 7.60. The van der Waals surface area contributed by atoms with Crippen molar-refractivity contribution in [2.45, 2.75) is 13.0 Å². The van der Waals surface area contributed by atoms with E-state index in [1.807, 2.05) is 24.4 Å². The third-order valence-electron chi connectivity index (χ3n) is 2.61. The summed E-state index contributed by atoms with van der Waals surface area (Å²) in [7, 11) is 0. The summed E-state index contributed by atoms with van der Waals surface area (Å²) >= 11 is 10.9. The summed E-state index contributed by atoms with van der Waals surface area (Å²) in [6.45, 7) is 2.73. The Morgan fingerprint density at radius 1 is 1.44 bits per heavy atom. The molecule has 0 amide bonds. The van der Waals surface area contributed by atoms with Crippen molar-refractivity contribution < 1.29 is 4.39 Å². The molecule has 0 fully saturated rings. The Bertz CT molecular complexity index is 544. The molecule has 1 aromatic heterocycles. The summed E-state index contributed by atoms with van der Waals surface area (Å²) in [6, 6.07) is 6.93. The van der Waals surface area contributed by atoms with Crippen LogP contribution in [0.1, 0.15) is 23.4 Å². The van der Waals surface area contributed by atoms with Gasteiger partial charge in [-0.3, -0.25) is 0 Å². The summed E-state index contributed by atoms with van der Waals surface area (Å²) in [5.74, 6) is -0.243. The summed E-state index contributed by atoms with van der Waals surface area (Å²) in [5.41, 5.74) is 0.607. The topological polar surface area (TPSA) is 12.0 Å². The van der Waals surface area contributed by atoms with Crippen LogP contribution < -0.4 is 5.32 Å². The number of benzene rings is 1. The average molecular weight is 349 g/mol. The van der Waals surface area contributed by atoms with Gasteiger partial charge >= 0.3 is 0 Å². The van der Waals surface area contributed by atoms with Gasteiger partial charge in [0, 0.05) is 10.4 Å². The van der Waals surface area contributed by atoms with E-state index in [0.717, 1.165) is 11.4 Å². The Hall–Kier alpha value is -0.420. The van der Waals surface area contributed by atoms with Gasteiger partial charge in [0.15, 0.2) is 0 Å². The van der Waals surface area contributed by atoms with E-state index in [4.69, 9.17) is 11.6 Å². The summed E-state index contributed by atoms with van der Waals surface area (Å²) < 4.78 is 14.6. The van der Waals surface area contributed by atoms with Gasteiger partial charge < -0.3 is 5.32 Å². The molecule has 0 bridgehead atoms. The largest absolute Gasteiger partial charge is 0.306 e. The Labute approximate surface area is 123 Å². The predicted octanol–water partition coefficient (Wildman–Crippen LogP) is 5.00. The van der Waals surface area contributed by atoms with Crippen molar-refractivity contribution >= 4 is 38.9 Å². The van der Waals surface area contributed by atoms with Gasteiger partial charge in [-0.25, -0.2) is 4.39 Å². The Balaban J connectivity index is 2.48. The molecule has 2 rings (SSSR count). The van der Waals surface area contributed by atoms with Gasteiger partial charge in [-0.05, 0) is 40.0 Å². The number of hydrogen-bond acceptors (Lipinski definition) is 2. The van der Waals surface area contributed by atoms with Crippen LogP contribution in [-0.2, 0) is 0 Å². The first-order valence-electron chi connectivity index (χ1n) is 5.55. The molecule has 1 unspecified atom stereocenters. The van der Waals surface area contributed by atoms with Crippen LogP contribution in [0.4, 0.5) is 4.39 Å². The van der Waals surface area contributed by atoms with E-state index in [1.165, 1.54) is 11.3 Å². The number of hydrogen-bond donors (Lipinski definition) is 1. The minimum absolute atomic E-state index is 0.208. The summed E-state index contributed by atoms with van der Waals surface area (Å²) in [6.07, 6.45) is 0. The molecule has 1 heterocycles. The Morgan fingerprint density at radius 3 is 2.83 bits per heavy atom. The first-order chi connectivity index (χ1) is 8.65. The van der Waals surface area contributed by atoms with Gasteiger partial charge in [0.2, 0.25) is 0 Å². The molecule has 1 aromatic carbocycles. The van der Waals surface area contributed by atoms with Gasteiger partial charge in [0.1, 0.15) is 5.82 Å². The lowest BCUT2D eigenvalue weighted by Gasteiger charge is -2.18. The standard InChI is InChI=1S/C13H12BrClFNS/c1-2-17-12(13-10(15)6-7-18-13)8-4-3-5-9(14)11(8)16/h3-7,12,17H,2H2,1H3. The molecular formula is C13H12BrClFNS. The third kappa shape index (κ3) is 2.77. The van der Waals surface area contributed by atoms with Crippen molar-refractivity contribution in [2.24, 2.45) is 0 Å². The molecule has 0 aliphatic heterocycles. The maximum Gasteiger partial charge on any atom is 0.142 e. The molecule has 5 heteroatoms. The Morgan fingerprint density at radius 2 is 2.22 bits per heavy atom. The molecule has 0 spiro atoms. The van der Waals surface area contributed by atoms with Crippen molar-refractivity contribution in [1.82, 2.24) is 5.32 Å². The third-order valence-corrected chi connectivity index (χ3v) is 4.64. The van der Waals surface area contributed by atoms with Gasteiger partial charge in [-0.2, -0.15) is 0 Å². The maximum absolute atomic E-state index is 14.2. The highest BCUT2D eigenvalue weighted by Crippen LogP contribution is 2.35. The monoisotopic (exact) mass is 347 g/mol. The van der Waals surface area contributed by atoms with Crippen molar-refractivity contribution in [3.8, 4) is 0 Å². The highest BCUT2D eigenvalue weighted by atomic mass is 79.9. The molecule has 1 N–H and O–H groups in total. The van der Waals surface area contributed by atoms with E-state index in [9.17, 15) is 4.39 Å². The average Bonchev–Trinajstić information content (AvgIpc) is 2.76. The number of halogens is 3. The predicted molar refractivity (Wildman–Crippen MR) is 78.9 cm³/mol. The van der Waals surface area contributed by atoms with E-state index < -0.39 is 0 Å². The quantitative estimate of drug-likeness (QED) is 0.819. The maximum atomic E-state index is 14.2. The second-order valence-corrected chi connectivity index (χ2v) is 5.98. The number of nitrogens with one attached hydrogen (secondary N) is 1. The van der Waals surface area contributed by atoms with Crippen molar-refractivity contribution in [3.63, 3.8) is 0 Å². The van der Waals surface area contributed by atoms with Gasteiger partial charge in [0.25, 0.3) is 0 Å². The molecule has 1 nitrogen and oxygen atoms in total. The molecule has 0 saturated carbocycles. The molecule has 1 atom stereocenters. The molecule has 0 saturated heterocycles. The first kappa shape index (κ1) is 14.0. The molecule has 0 radical (unpaired) electrons. The second-order valence-electron chi connectivity index (χ2n) is 3.77. The van der Waals surface area contributed by atoms with Crippen LogP contribution in [-0.4, -0.2) is 6.54 Å². The SMILES string of the molecule is CCNC(c1cccc(Br)c1F)c1sccc1Cl. The Kier molecular flexibility index (Phi) is 4.78. The number of rotatable bonds is 4. The van der Waals surface area contributed by atoms with Crippen LogP contribution in [0.25, 0.3) is 0 Å².